The second-order valence-electron chi connectivity index (χ2n) is 5.34. The molecule has 2 aromatic heterocycles. The van der Waals surface area contributed by atoms with E-state index in [0.717, 1.165) is 12.8 Å². The first-order valence-electron chi connectivity index (χ1n) is 7.12. The summed E-state index contributed by atoms with van der Waals surface area (Å²) < 4.78 is 31.4. The number of aromatic nitrogens is 2. The Hall–Kier alpha value is -2.26. The second kappa shape index (κ2) is 6.09. The van der Waals surface area contributed by atoms with Gasteiger partial charge in [-0.15, -0.1) is 0 Å². The first-order chi connectivity index (χ1) is 11.0. The molecule has 2 heterocycles. The van der Waals surface area contributed by atoms with Crippen LogP contribution in [0.3, 0.4) is 0 Å². The number of sulfonamides is 1. The normalized spacial score (nSPS) is 14.9. The largest absolute Gasteiger partial charge is 0.360 e. The summed E-state index contributed by atoms with van der Waals surface area (Å²) in [6.45, 7) is 1.43. The number of nitrogens with zero attached hydrogens (tertiary/aromatic N) is 3. The Morgan fingerprint density at radius 1 is 1.48 bits per heavy atom. The zero-order valence-corrected chi connectivity index (χ0v) is 13.3. The van der Waals surface area contributed by atoms with Crippen molar-refractivity contribution in [2.45, 2.75) is 30.7 Å². The standard InChI is InChI=1S/C14H16N4O4S/c1-10-7-13(17-22-10)16-14(19)9-18(11-4-5-11)23(20,21)12-3-2-6-15-8-12/h2-3,6-8,11H,4-5,9H2,1H3,(H,16,17,19). The molecule has 0 atom stereocenters. The maximum absolute atomic E-state index is 12.7. The number of hydrogen-bond acceptors (Lipinski definition) is 6. The minimum Gasteiger partial charge on any atom is -0.360 e. The molecule has 0 saturated heterocycles. The van der Waals surface area contributed by atoms with Gasteiger partial charge in [0.2, 0.25) is 15.9 Å². The Morgan fingerprint density at radius 3 is 2.83 bits per heavy atom. The Bertz CT molecular complexity index is 799. The summed E-state index contributed by atoms with van der Waals surface area (Å²) in [5.41, 5.74) is 0. The molecule has 0 aromatic carbocycles. The Kier molecular flexibility index (Phi) is 4.14. The smallest absolute Gasteiger partial charge is 0.245 e. The van der Waals surface area contributed by atoms with E-state index in [-0.39, 0.29) is 23.3 Å². The number of anilines is 1. The van der Waals surface area contributed by atoms with Crippen LogP contribution >= 0.6 is 0 Å². The van der Waals surface area contributed by atoms with Crippen molar-refractivity contribution in [3.05, 3.63) is 36.4 Å². The quantitative estimate of drug-likeness (QED) is 0.849. The van der Waals surface area contributed by atoms with Crippen LogP contribution in [0.25, 0.3) is 0 Å². The van der Waals surface area contributed by atoms with E-state index in [1.807, 2.05) is 0 Å². The molecule has 3 rings (SSSR count). The lowest BCUT2D eigenvalue weighted by Gasteiger charge is -2.20. The predicted molar refractivity (Wildman–Crippen MR) is 81.0 cm³/mol. The molecular formula is C14H16N4O4S. The first-order valence-corrected chi connectivity index (χ1v) is 8.56. The van der Waals surface area contributed by atoms with Gasteiger partial charge in [0.25, 0.3) is 0 Å². The van der Waals surface area contributed by atoms with Crippen LogP contribution in [0.5, 0.6) is 0 Å². The van der Waals surface area contributed by atoms with E-state index in [0.29, 0.717) is 5.76 Å². The number of amides is 1. The molecule has 0 unspecified atom stereocenters. The molecule has 1 N–H and O–H groups in total. The number of carbonyl (C=O) groups excluding carboxylic acids is 1. The molecular weight excluding hydrogens is 320 g/mol. The van der Waals surface area contributed by atoms with Crippen molar-refractivity contribution in [2.75, 3.05) is 11.9 Å². The molecule has 1 amide bonds. The highest BCUT2D eigenvalue weighted by molar-refractivity contribution is 7.89. The van der Waals surface area contributed by atoms with Gasteiger partial charge >= 0.3 is 0 Å². The fourth-order valence-corrected chi connectivity index (χ4v) is 3.76. The van der Waals surface area contributed by atoms with Gasteiger partial charge in [-0.3, -0.25) is 9.78 Å². The molecule has 0 aliphatic heterocycles. The fraction of sp³-hybridized carbons (Fsp3) is 0.357. The van der Waals surface area contributed by atoms with E-state index in [1.54, 1.807) is 19.1 Å². The van der Waals surface area contributed by atoms with Gasteiger partial charge < -0.3 is 9.84 Å². The van der Waals surface area contributed by atoms with E-state index in [9.17, 15) is 13.2 Å². The number of pyridine rings is 1. The molecule has 23 heavy (non-hydrogen) atoms. The summed E-state index contributed by atoms with van der Waals surface area (Å²) in [6.07, 6.45) is 4.27. The molecule has 1 saturated carbocycles. The number of hydrogen-bond donors (Lipinski definition) is 1. The van der Waals surface area contributed by atoms with Gasteiger partial charge in [0, 0.05) is 24.5 Å². The highest BCUT2D eigenvalue weighted by atomic mass is 32.2. The van der Waals surface area contributed by atoms with Gasteiger partial charge in [0.05, 0.1) is 6.54 Å². The summed E-state index contributed by atoms with van der Waals surface area (Å²) in [5, 5.41) is 6.19. The number of aryl methyl sites for hydroxylation is 1. The minimum absolute atomic E-state index is 0.0805. The van der Waals surface area contributed by atoms with Crippen molar-refractivity contribution < 1.29 is 17.7 Å². The van der Waals surface area contributed by atoms with E-state index >= 15 is 0 Å². The topological polar surface area (TPSA) is 105 Å². The molecule has 1 fully saturated rings. The van der Waals surface area contributed by atoms with Gasteiger partial charge in [0.15, 0.2) is 5.82 Å². The van der Waals surface area contributed by atoms with Crippen LogP contribution < -0.4 is 5.32 Å². The summed E-state index contributed by atoms with van der Waals surface area (Å²) in [5.74, 6) is 0.363. The van der Waals surface area contributed by atoms with Crippen molar-refractivity contribution in [3.8, 4) is 0 Å². The molecule has 1 aliphatic rings. The van der Waals surface area contributed by atoms with E-state index < -0.39 is 15.9 Å². The summed E-state index contributed by atoms with van der Waals surface area (Å²) in [6, 6.07) is 4.44. The molecule has 8 nitrogen and oxygen atoms in total. The van der Waals surface area contributed by atoms with Crippen LogP contribution in [0.4, 0.5) is 5.82 Å². The first kappa shape index (κ1) is 15.6. The van der Waals surface area contributed by atoms with Gasteiger partial charge in [-0.05, 0) is 31.9 Å². The Balaban J connectivity index is 1.76. The zero-order chi connectivity index (χ0) is 16.4. The zero-order valence-electron chi connectivity index (χ0n) is 12.5. The highest BCUT2D eigenvalue weighted by Gasteiger charge is 2.39. The minimum atomic E-state index is -3.75. The summed E-state index contributed by atoms with van der Waals surface area (Å²) in [7, 11) is -3.75. The van der Waals surface area contributed by atoms with Crippen LogP contribution in [0, 0.1) is 6.92 Å². The average Bonchev–Trinajstić information content (AvgIpc) is 3.28. The van der Waals surface area contributed by atoms with E-state index in [4.69, 9.17) is 4.52 Å². The molecule has 2 aromatic rings. The fourth-order valence-electron chi connectivity index (χ4n) is 2.16. The Morgan fingerprint density at radius 2 is 2.26 bits per heavy atom. The monoisotopic (exact) mass is 336 g/mol. The van der Waals surface area contributed by atoms with Gasteiger partial charge in [-0.2, -0.15) is 4.31 Å². The molecule has 0 radical (unpaired) electrons. The van der Waals surface area contributed by atoms with Crippen molar-refractivity contribution in [3.63, 3.8) is 0 Å². The predicted octanol–water partition coefficient (Wildman–Crippen LogP) is 1.17. The molecule has 1 aliphatic carbocycles. The summed E-state index contributed by atoms with van der Waals surface area (Å²) >= 11 is 0. The molecule has 0 bridgehead atoms. The van der Waals surface area contributed by atoms with Crippen molar-refractivity contribution in [1.29, 1.82) is 0 Å². The molecule has 122 valence electrons. The Labute approximate surface area is 133 Å². The van der Waals surface area contributed by atoms with Gasteiger partial charge in [-0.25, -0.2) is 8.42 Å². The lowest BCUT2D eigenvalue weighted by Crippen LogP contribution is -2.39. The maximum atomic E-state index is 12.7. The van der Waals surface area contributed by atoms with Crippen molar-refractivity contribution in [1.82, 2.24) is 14.4 Å². The average molecular weight is 336 g/mol. The summed E-state index contributed by atoms with van der Waals surface area (Å²) in [4.78, 5) is 16.0. The lowest BCUT2D eigenvalue weighted by molar-refractivity contribution is -0.116. The van der Waals surface area contributed by atoms with Crippen molar-refractivity contribution >= 4 is 21.7 Å². The third-order valence-electron chi connectivity index (χ3n) is 3.39. The van der Waals surface area contributed by atoms with Gasteiger partial charge in [-0.1, -0.05) is 5.16 Å². The van der Waals surface area contributed by atoms with Crippen LogP contribution in [0.2, 0.25) is 0 Å². The number of rotatable bonds is 6. The molecule has 9 heteroatoms. The number of carbonyl (C=O) groups is 1. The van der Waals surface area contributed by atoms with Crippen molar-refractivity contribution in [2.24, 2.45) is 0 Å². The van der Waals surface area contributed by atoms with E-state index in [1.165, 1.54) is 22.8 Å². The second-order valence-corrected chi connectivity index (χ2v) is 7.23. The molecule has 0 spiro atoms. The van der Waals surface area contributed by atoms with Crippen LogP contribution in [-0.4, -0.2) is 41.4 Å². The maximum Gasteiger partial charge on any atom is 0.245 e. The third-order valence-corrected chi connectivity index (χ3v) is 5.27. The van der Waals surface area contributed by atoms with Crippen LogP contribution in [0.15, 0.2) is 40.0 Å². The highest BCUT2D eigenvalue weighted by Crippen LogP contribution is 2.31. The SMILES string of the molecule is Cc1cc(NC(=O)CN(C2CC2)S(=O)(=O)c2cccnc2)no1. The van der Waals surface area contributed by atoms with Crippen LogP contribution in [0.1, 0.15) is 18.6 Å². The third kappa shape index (κ3) is 3.57. The van der Waals surface area contributed by atoms with Crippen LogP contribution in [-0.2, 0) is 14.8 Å². The van der Waals surface area contributed by atoms with E-state index in [2.05, 4.69) is 15.5 Å². The lowest BCUT2D eigenvalue weighted by atomic mass is 10.4. The number of nitrogens with one attached hydrogen (secondary N) is 1. The van der Waals surface area contributed by atoms with Gasteiger partial charge in [0.1, 0.15) is 10.7 Å².